The van der Waals surface area contributed by atoms with Crippen LogP contribution in [0.5, 0.6) is 0 Å². The van der Waals surface area contributed by atoms with Gasteiger partial charge in [0, 0.05) is 23.3 Å². The van der Waals surface area contributed by atoms with Crippen LogP contribution in [-0.2, 0) is 11.2 Å². The molecule has 0 fully saturated rings. The van der Waals surface area contributed by atoms with Crippen molar-refractivity contribution in [3.63, 3.8) is 0 Å². The van der Waals surface area contributed by atoms with Crippen molar-refractivity contribution < 1.29 is 9.18 Å². The summed E-state index contributed by atoms with van der Waals surface area (Å²) in [6, 6.07) is 9.60. The lowest BCUT2D eigenvalue weighted by Gasteiger charge is -1.99. The highest BCUT2D eigenvalue weighted by atomic mass is 35.5. The van der Waals surface area contributed by atoms with Crippen molar-refractivity contribution in [2.45, 2.75) is 6.42 Å². The van der Waals surface area contributed by atoms with Gasteiger partial charge >= 0.3 is 0 Å². The van der Waals surface area contributed by atoms with Crippen LogP contribution in [0.15, 0.2) is 54.2 Å². The highest BCUT2D eigenvalue weighted by molar-refractivity contribution is 7.14. The molecule has 0 radical (unpaired) electrons. The summed E-state index contributed by atoms with van der Waals surface area (Å²) in [7, 11) is 0. The third kappa shape index (κ3) is 3.58. The van der Waals surface area contributed by atoms with Gasteiger partial charge in [0.15, 0.2) is 5.13 Å². The van der Waals surface area contributed by atoms with E-state index in [-0.39, 0.29) is 18.1 Å². The van der Waals surface area contributed by atoms with Crippen molar-refractivity contribution in [2.75, 3.05) is 5.32 Å². The Morgan fingerprint density at radius 2 is 1.96 bits per heavy atom. The Hall–Kier alpha value is -2.77. The number of nitrogens with zero attached hydrogens (tertiary/aromatic N) is 3. The molecule has 0 saturated carbocycles. The minimum absolute atomic E-state index is 0.130. The van der Waals surface area contributed by atoms with Gasteiger partial charge in [-0.3, -0.25) is 4.79 Å². The molecule has 4 rings (SSSR count). The summed E-state index contributed by atoms with van der Waals surface area (Å²) < 4.78 is 14.8. The van der Waals surface area contributed by atoms with E-state index < -0.39 is 0 Å². The van der Waals surface area contributed by atoms with E-state index in [1.807, 2.05) is 5.38 Å². The number of nitrogens with one attached hydrogen (secondary N) is 1. The zero-order valence-corrected chi connectivity index (χ0v) is 14.9. The van der Waals surface area contributed by atoms with E-state index in [1.165, 1.54) is 23.5 Å². The van der Waals surface area contributed by atoms with E-state index in [4.69, 9.17) is 11.6 Å². The number of aromatic nitrogens is 3. The third-order valence-electron chi connectivity index (χ3n) is 3.70. The molecule has 0 aliphatic heterocycles. The molecule has 0 unspecified atom stereocenters. The lowest BCUT2D eigenvalue weighted by atomic mass is 10.2. The molecule has 0 spiro atoms. The third-order valence-corrected chi connectivity index (χ3v) is 4.68. The topological polar surface area (TPSA) is 59.3 Å². The molecule has 0 bridgehead atoms. The van der Waals surface area contributed by atoms with Gasteiger partial charge in [0.05, 0.1) is 22.8 Å². The SMILES string of the molecule is O=C(Cc1cn2cc(Cl)ccc2n1)Nc1nc(-c2ccc(F)cc2)cs1. The zero-order valence-electron chi connectivity index (χ0n) is 13.3. The monoisotopic (exact) mass is 386 g/mol. The van der Waals surface area contributed by atoms with Gasteiger partial charge in [0.25, 0.3) is 0 Å². The van der Waals surface area contributed by atoms with Crippen LogP contribution < -0.4 is 5.32 Å². The van der Waals surface area contributed by atoms with Crippen LogP contribution in [-0.4, -0.2) is 20.3 Å². The molecule has 1 N–H and O–H groups in total. The minimum atomic E-state index is -0.300. The van der Waals surface area contributed by atoms with Crippen LogP contribution in [0.25, 0.3) is 16.9 Å². The van der Waals surface area contributed by atoms with E-state index >= 15 is 0 Å². The summed E-state index contributed by atoms with van der Waals surface area (Å²) >= 11 is 7.26. The first kappa shape index (κ1) is 16.7. The molecule has 8 heteroatoms. The lowest BCUT2D eigenvalue weighted by molar-refractivity contribution is -0.115. The van der Waals surface area contributed by atoms with E-state index in [1.54, 1.807) is 41.1 Å². The standard InChI is InChI=1S/C18H12ClFN4OS/c19-12-3-6-16-21-14(9-24(16)8-12)7-17(25)23-18-22-15(10-26-18)11-1-4-13(20)5-2-11/h1-6,8-10H,7H2,(H,22,23,25). The molecule has 4 aromatic rings. The fraction of sp³-hybridized carbons (Fsp3) is 0.0556. The smallest absolute Gasteiger partial charge is 0.232 e. The zero-order chi connectivity index (χ0) is 18.1. The number of halogens is 2. The molecule has 26 heavy (non-hydrogen) atoms. The first-order valence-electron chi connectivity index (χ1n) is 7.71. The number of rotatable bonds is 4. The fourth-order valence-electron chi connectivity index (χ4n) is 2.51. The predicted octanol–water partition coefficient (Wildman–Crippen LogP) is 4.43. The molecule has 0 aliphatic rings. The maximum absolute atomic E-state index is 13.0. The fourth-order valence-corrected chi connectivity index (χ4v) is 3.42. The van der Waals surface area contributed by atoms with Crippen LogP contribution in [0.2, 0.25) is 5.02 Å². The molecule has 0 aliphatic carbocycles. The van der Waals surface area contributed by atoms with Crippen LogP contribution in [0.3, 0.4) is 0 Å². The van der Waals surface area contributed by atoms with Crippen LogP contribution in [0, 0.1) is 5.82 Å². The van der Waals surface area contributed by atoms with Gasteiger partial charge in [0.1, 0.15) is 11.5 Å². The Bertz CT molecular complexity index is 1090. The first-order chi connectivity index (χ1) is 12.6. The number of fused-ring (bicyclic) bond motifs is 1. The van der Waals surface area contributed by atoms with Gasteiger partial charge in [-0.05, 0) is 36.4 Å². The number of anilines is 1. The van der Waals surface area contributed by atoms with Gasteiger partial charge in [-0.25, -0.2) is 14.4 Å². The molecule has 130 valence electrons. The second-order valence-electron chi connectivity index (χ2n) is 5.61. The number of pyridine rings is 1. The van der Waals surface area contributed by atoms with E-state index in [2.05, 4.69) is 15.3 Å². The summed E-state index contributed by atoms with van der Waals surface area (Å²) in [5.74, 6) is -0.509. The second kappa shape index (κ2) is 6.86. The number of imidazole rings is 1. The van der Waals surface area contributed by atoms with Crippen LogP contribution in [0.1, 0.15) is 5.69 Å². The quantitative estimate of drug-likeness (QED) is 0.564. The Morgan fingerprint density at radius 3 is 2.77 bits per heavy atom. The van der Waals surface area contributed by atoms with E-state index in [0.717, 1.165) is 11.2 Å². The highest BCUT2D eigenvalue weighted by Gasteiger charge is 2.11. The first-order valence-corrected chi connectivity index (χ1v) is 8.97. The number of amides is 1. The molecule has 3 heterocycles. The summed E-state index contributed by atoms with van der Waals surface area (Å²) in [6.07, 6.45) is 3.64. The molecular weight excluding hydrogens is 375 g/mol. The van der Waals surface area contributed by atoms with Gasteiger partial charge < -0.3 is 9.72 Å². The minimum Gasteiger partial charge on any atom is -0.305 e. The molecule has 0 atom stereocenters. The van der Waals surface area contributed by atoms with Gasteiger partial charge in [-0.2, -0.15) is 0 Å². The van der Waals surface area contributed by atoms with Crippen molar-refractivity contribution in [1.29, 1.82) is 0 Å². The van der Waals surface area contributed by atoms with Gasteiger partial charge in [0.2, 0.25) is 5.91 Å². The van der Waals surface area contributed by atoms with Crippen LogP contribution >= 0.6 is 22.9 Å². The van der Waals surface area contributed by atoms with Gasteiger partial charge in [-0.1, -0.05) is 11.6 Å². The maximum atomic E-state index is 13.0. The lowest BCUT2D eigenvalue weighted by Crippen LogP contribution is -2.14. The predicted molar refractivity (Wildman–Crippen MR) is 100 cm³/mol. The van der Waals surface area contributed by atoms with E-state index in [9.17, 15) is 9.18 Å². The van der Waals surface area contributed by atoms with Crippen molar-refractivity contribution in [3.05, 3.63) is 70.7 Å². The Kier molecular flexibility index (Phi) is 4.40. The number of benzene rings is 1. The Morgan fingerprint density at radius 1 is 1.15 bits per heavy atom. The highest BCUT2D eigenvalue weighted by Crippen LogP contribution is 2.25. The van der Waals surface area contributed by atoms with Crippen molar-refractivity contribution in [2.24, 2.45) is 0 Å². The molecule has 1 amide bonds. The average molecular weight is 387 g/mol. The molecule has 0 saturated heterocycles. The molecular formula is C18H12ClFN4OS. The molecule has 5 nitrogen and oxygen atoms in total. The summed E-state index contributed by atoms with van der Waals surface area (Å²) in [5.41, 5.74) is 2.85. The second-order valence-corrected chi connectivity index (χ2v) is 6.91. The van der Waals surface area contributed by atoms with Crippen molar-refractivity contribution >= 4 is 39.6 Å². The van der Waals surface area contributed by atoms with Crippen molar-refractivity contribution in [3.8, 4) is 11.3 Å². The number of carbonyl (C=O) groups excluding carboxylic acids is 1. The van der Waals surface area contributed by atoms with Crippen molar-refractivity contribution in [1.82, 2.24) is 14.4 Å². The van der Waals surface area contributed by atoms with E-state index in [0.29, 0.717) is 21.5 Å². The maximum Gasteiger partial charge on any atom is 0.232 e. The molecule has 1 aromatic carbocycles. The summed E-state index contributed by atoms with van der Waals surface area (Å²) in [5, 5.41) is 5.67. The van der Waals surface area contributed by atoms with Crippen LogP contribution in [0.4, 0.5) is 9.52 Å². The largest absolute Gasteiger partial charge is 0.305 e. The van der Waals surface area contributed by atoms with Gasteiger partial charge in [-0.15, -0.1) is 11.3 Å². The average Bonchev–Trinajstić information content (AvgIpc) is 3.21. The number of carbonyl (C=O) groups is 1. The Labute approximate surface area is 157 Å². The Balaban J connectivity index is 1.45. The summed E-state index contributed by atoms with van der Waals surface area (Å²) in [6.45, 7) is 0. The molecule has 3 aromatic heterocycles. The number of hydrogen-bond acceptors (Lipinski definition) is 4. The normalized spacial score (nSPS) is 11.0. The summed E-state index contributed by atoms with van der Waals surface area (Å²) in [4.78, 5) is 21.0. The number of thiazole rings is 1. The number of hydrogen-bond donors (Lipinski definition) is 1.